The van der Waals surface area contributed by atoms with Crippen LogP contribution in [0.5, 0.6) is 0 Å². The number of fused-ring (bicyclic) bond motifs is 2. The number of imidazole rings is 1. The Labute approximate surface area is 165 Å². The zero-order chi connectivity index (χ0) is 19.8. The number of benzene rings is 2. The van der Waals surface area contributed by atoms with Crippen LogP contribution in [0.15, 0.2) is 51.7 Å². The highest BCUT2D eigenvalue weighted by molar-refractivity contribution is 6.31. The van der Waals surface area contributed by atoms with Gasteiger partial charge in [-0.2, -0.15) is 0 Å². The molecule has 0 fully saturated rings. The van der Waals surface area contributed by atoms with Crippen LogP contribution < -0.4 is 5.63 Å². The number of hydrogen-bond donors (Lipinski definition) is 0. The molecule has 2 aromatic carbocycles. The topological polar surface area (TPSA) is 74.3 Å². The zero-order valence-electron chi connectivity index (χ0n) is 15.4. The lowest BCUT2D eigenvalue weighted by Gasteiger charge is -2.08. The smallest absolute Gasteiger partial charge is 0.347 e. The van der Waals surface area contributed by atoms with Gasteiger partial charge in [0.15, 0.2) is 0 Å². The van der Waals surface area contributed by atoms with Crippen LogP contribution in [-0.4, -0.2) is 22.6 Å². The molecular weight excluding hydrogens is 380 g/mol. The second-order valence-corrected chi connectivity index (χ2v) is 6.85. The highest BCUT2D eigenvalue weighted by atomic mass is 35.5. The zero-order valence-corrected chi connectivity index (χ0v) is 16.1. The molecule has 0 atom stereocenters. The van der Waals surface area contributed by atoms with Crippen LogP contribution in [0.1, 0.15) is 23.7 Å². The maximum atomic E-state index is 12.6. The van der Waals surface area contributed by atoms with E-state index in [9.17, 15) is 9.59 Å². The molecule has 0 aliphatic rings. The quantitative estimate of drug-likeness (QED) is 0.370. The van der Waals surface area contributed by atoms with Gasteiger partial charge >= 0.3 is 11.6 Å². The lowest BCUT2D eigenvalue weighted by Crippen LogP contribution is -2.08. The average molecular weight is 397 g/mol. The van der Waals surface area contributed by atoms with Crippen LogP contribution in [0.3, 0.4) is 0 Å². The first-order valence-electron chi connectivity index (χ1n) is 8.84. The van der Waals surface area contributed by atoms with E-state index in [0.717, 1.165) is 11.9 Å². The van der Waals surface area contributed by atoms with E-state index in [-0.39, 0.29) is 0 Å². The fraction of sp³-hybridized carbons (Fsp3) is 0.190. The second kappa shape index (κ2) is 7.13. The molecule has 0 saturated heterocycles. The summed E-state index contributed by atoms with van der Waals surface area (Å²) >= 11 is 6.08. The minimum atomic E-state index is -0.476. The Bertz CT molecular complexity index is 1270. The SMILES string of the molecule is CCCn1c(-c2cc3cc(Cl)ccc3oc2=O)nc2cc(C(=O)OC)ccc21. The number of halogens is 1. The molecule has 4 rings (SSSR count). The van der Waals surface area contributed by atoms with Gasteiger partial charge in [-0.3, -0.25) is 0 Å². The van der Waals surface area contributed by atoms with Gasteiger partial charge in [0.1, 0.15) is 17.0 Å². The molecule has 0 spiro atoms. The number of aryl methyl sites for hydroxylation is 1. The molecule has 7 heteroatoms. The van der Waals surface area contributed by atoms with E-state index < -0.39 is 11.6 Å². The van der Waals surface area contributed by atoms with Crippen molar-refractivity contribution in [1.82, 2.24) is 9.55 Å². The number of ether oxygens (including phenoxy) is 1. The fourth-order valence-electron chi connectivity index (χ4n) is 3.28. The van der Waals surface area contributed by atoms with E-state index in [4.69, 9.17) is 20.8 Å². The summed E-state index contributed by atoms with van der Waals surface area (Å²) in [6.07, 6.45) is 0.849. The lowest BCUT2D eigenvalue weighted by atomic mass is 10.1. The highest BCUT2D eigenvalue weighted by Crippen LogP contribution is 2.27. The first-order chi connectivity index (χ1) is 13.5. The minimum absolute atomic E-state index is 0.346. The molecule has 0 amide bonds. The van der Waals surface area contributed by atoms with Gasteiger partial charge in [-0.1, -0.05) is 18.5 Å². The molecule has 6 nitrogen and oxygen atoms in total. The van der Waals surface area contributed by atoms with Crippen LogP contribution >= 0.6 is 11.6 Å². The Kier molecular flexibility index (Phi) is 4.65. The van der Waals surface area contributed by atoms with Crippen LogP contribution in [0.25, 0.3) is 33.4 Å². The van der Waals surface area contributed by atoms with E-state index >= 15 is 0 Å². The summed E-state index contributed by atoms with van der Waals surface area (Å²) in [6.45, 7) is 2.71. The monoisotopic (exact) mass is 396 g/mol. The van der Waals surface area contributed by atoms with E-state index in [0.29, 0.717) is 45.0 Å². The third kappa shape index (κ3) is 3.05. The maximum absolute atomic E-state index is 12.6. The van der Waals surface area contributed by atoms with Crippen molar-refractivity contribution in [3.63, 3.8) is 0 Å². The number of esters is 1. The number of carbonyl (C=O) groups excluding carboxylic acids is 1. The van der Waals surface area contributed by atoms with Gasteiger partial charge in [0.2, 0.25) is 0 Å². The summed E-state index contributed by atoms with van der Waals surface area (Å²) in [5.74, 6) is 0.0582. The van der Waals surface area contributed by atoms with Crippen molar-refractivity contribution < 1.29 is 13.9 Å². The van der Waals surface area contributed by atoms with Gasteiger partial charge in [0.25, 0.3) is 0 Å². The molecule has 0 unspecified atom stereocenters. The van der Waals surface area contributed by atoms with Gasteiger partial charge in [-0.05, 0) is 48.9 Å². The van der Waals surface area contributed by atoms with Crippen molar-refractivity contribution in [1.29, 1.82) is 0 Å². The molecule has 0 saturated carbocycles. The van der Waals surface area contributed by atoms with Gasteiger partial charge in [0.05, 0.1) is 23.7 Å². The summed E-state index contributed by atoms with van der Waals surface area (Å²) in [5.41, 5.74) is 2.17. The molecule has 4 aromatic rings. The molecule has 0 aliphatic heterocycles. The molecule has 2 aromatic heterocycles. The third-order valence-corrected chi connectivity index (χ3v) is 4.79. The Hall–Kier alpha value is -3.12. The largest absolute Gasteiger partial charge is 0.465 e. The van der Waals surface area contributed by atoms with Gasteiger partial charge in [-0.15, -0.1) is 0 Å². The number of aromatic nitrogens is 2. The number of nitrogens with zero attached hydrogens (tertiary/aromatic N) is 2. The van der Waals surface area contributed by atoms with E-state index in [1.54, 1.807) is 36.4 Å². The predicted molar refractivity (Wildman–Crippen MR) is 108 cm³/mol. The molecule has 2 heterocycles. The van der Waals surface area contributed by atoms with Gasteiger partial charge in [-0.25, -0.2) is 14.6 Å². The van der Waals surface area contributed by atoms with E-state index in [2.05, 4.69) is 4.98 Å². The lowest BCUT2D eigenvalue weighted by molar-refractivity contribution is 0.0601. The first-order valence-corrected chi connectivity index (χ1v) is 9.22. The van der Waals surface area contributed by atoms with Crippen molar-refractivity contribution in [2.45, 2.75) is 19.9 Å². The molecule has 0 N–H and O–H groups in total. The standard InChI is InChI=1S/C21H17ClN2O4/c1-3-8-24-17-6-4-12(20(25)27-2)11-16(17)23-19(24)15-10-13-9-14(22)5-7-18(13)28-21(15)26/h4-7,9-11H,3,8H2,1-2H3. The van der Waals surface area contributed by atoms with E-state index in [1.807, 2.05) is 17.6 Å². The van der Waals surface area contributed by atoms with Crippen molar-refractivity contribution in [2.24, 2.45) is 0 Å². The molecular formula is C21H17ClN2O4. The van der Waals surface area contributed by atoms with Crippen molar-refractivity contribution in [2.75, 3.05) is 7.11 Å². The molecule has 0 radical (unpaired) electrons. The van der Waals surface area contributed by atoms with Gasteiger partial charge < -0.3 is 13.7 Å². The average Bonchev–Trinajstić information content (AvgIpc) is 3.05. The molecule has 28 heavy (non-hydrogen) atoms. The fourth-order valence-corrected chi connectivity index (χ4v) is 3.46. The number of methoxy groups -OCH3 is 1. The Morgan fingerprint density at radius 2 is 2.04 bits per heavy atom. The van der Waals surface area contributed by atoms with Crippen LogP contribution in [0.4, 0.5) is 0 Å². The minimum Gasteiger partial charge on any atom is -0.465 e. The van der Waals surface area contributed by atoms with Crippen molar-refractivity contribution >= 4 is 39.6 Å². The molecule has 0 aliphatic carbocycles. The van der Waals surface area contributed by atoms with Crippen LogP contribution in [-0.2, 0) is 11.3 Å². The summed E-state index contributed by atoms with van der Waals surface area (Å²) in [7, 11) is 1.33. The number of hydrogen-bond acceptors (Lipinski definition) is 5. The third-order valence-electron chi connectivity index (χ3n) is 4.55. The number of carbonyl (C=O) groups is 1. The Morgan fingerprint density at radius 3 is 2.79 bits per heavy atom. The van der Waals surface area contributed by atoms with Crippen molar-refractivity contribution in [3.8, 4) is 11.4 Å². The summed E-state index contributed by atoms with van der Waals surface area (Å²) < 4.78 is 12.2. The maximum Gasteiger partial charge on any atom is 0.347 e. The first kappa shape index (κ1) is 18.3. The van der Waals surface area contributed by atoms with Crippen LogP contribution in [0.2, 0.25) is 5.02 Å². The molecule has 142 valence electrons. The van der Waals surface area contributed by atoms with Gasteiger partial charge in [0, 0.05) is 17.0 Å². The Balaban J connectivity index is 1.98. The second-order valence-electron chi connectivity index (χ2n) is 6.41. The highest BCUT2D eigenvalue weighted by Gasteiger charge is 2.18. The summed E-state index contributed by atoms with van der Waals surface area (Å²) in [6, 6.07) is 12.0. The molecule has 0 bridgehead atoms. The number of rotatable bonds is 4. The van der Waals surface area contributed by atoms with E-state index in [1.165, 1.54) is 7.11 Å². The predicted octanol–water partition coefficient (Wildman–Crippen LogP) is 4.66. The van der Waals surface area contributed by atoms with Crippen LogP contribution in [0, 0.1) is 0 Å². The Morgan fingerprint density at radius 1 is 1.21 bits per heavy atom. The summed E-state index contributed by atoms with van der Waals surface area (Å²) in [4.78, 5) is 29.1. The normalized spacial score (nSPS) is 11.2. The summed E-state index contributed by atoms with van der Waals surface area (Å²) in [5, 5.41) is 1.27. The van der Waals surface area contributed by atoms with Crippen molar-refractivity contribution in [3.05, 3.63) is 63.5 Å².